The summed E-state index contributed by atoms with van der Waals surface area (Å²) in [7, 11) is 0. The first kappa shape index (κ1) is 18.3. The Morgan fingerprint density at radius 3 is 1.75 bits per heavy atom. The van der Waals surface area contributed by atoms with Gasteiger partial charge in [-0.3, -0.25) is 4.90 Å². The van der Waals surface area contributed by atoms with E-state index < -0.39 is 6.10 Å². The number of halogens is 1. The van der Waals surface area contributed by atoms with E-state index in [9.17, 15) is 5.11 Å². The number of anilines is 3. The first-order valence-corrected chi connectivity index (χ1v) is 9.69. The summed E-state index contributed by atoms with van der Waals surface area (Å²) in [6.45, 7) is 0. The van der Waals surface area contributed by atoms with Crippen molar-refractivity contribution >= 4 is 33.1 Å². The van der Waals surface area contributed by atoms with Crippen LogP contribution >= 0.6 is 15.9 Å². The number of aliphatic hydroxyl groups excluding tert-OH is 1. The van der Waals surface area contributed by atoms with Gasteiger partial charge in [-0.1, -0.05) is 48.5 Å². The number of nitrogens with zero attached hydrogens (tertiary/aromatic N) is 3. The Morgan fingerprint density at radius 2 is 1.18 bits per heavy atom. The Bertz CT molecular complexity index is 1020. The average Bonchev–Trinajstić information content (AvgIpc) is 2.75. The summed E-state index contributed by atoms with van der Waals surface area (Å²) in [5.41, 5.74) is 3.08. The van der Waals surface area contributed by atoms with E-state index in [0.29, 0.717) is 16.0 Å². The maximum atomic E-state index is 10.8. The predicted octanol–water partition coefficient (Wildman–Crippen LogP) is 5.79. The Labute approximate surface area is 172 Å². The molecule has 0 saturated carbocycles. The number of aliphatic hydroxyl groups is 1. The van der Waals surface area contributed by atoms with Crippen LogP contribution in [0.1, 0.15) is 17.5 Å². The molecule has 2 aromatic carbocycles. The van der Waals surface area contributed by atoms with Crippen molar-refractivity contribution in [3.05, 3.63) is 113 Å². The lowest BCUT2D eigenvalue weighted by atomic mass is 10.1. The second kappa shape index (κ2) is 8.33. The molecule has 2 heterocycles. The maximum Gasteiger partial charge on any atom is 0.138 e. The van der Waals surface area contributed by atoms with Crippen molar-refractivity contribution in [3.63, 3.8) is 0 Å². The van der Waals surface area contributed by atoms with Crippen LogP contribution in [0.2, 0.25) is 0 Å². The third kappa shape index (κ3) is 3.96. The summed E-state index contributed by atoms with van der Waals surface area (Å²) in [5, 5.41) is 10.8. The van der Waals surface area contributed by atoms with Gasteiger partial charge in [0.05, 0.1) is 11.4 Å². The highest BCUT2D eigenvalue weighted by atomic mass is 79.9. The van der Waals surface area contributed by atoms with Gasteiger partial charge in [-0.25, -0.2) is 9.97 Å². The molecule has 5 heteroatoms. The summed E-state index contributed by atoms with van der Waals surface area (Å²) >= 11 is 3.35. The molecule has 0 amide bonds. The molecule has 0 saturated heterocycles. The van der Waals surface area contributed by atoms with E-state index in [2.05, 4.69) is 25.8 Å². The van der Waals surface area contributed by atoms with Crippen LogP contribution < -0.4 is 4.90 Å². The van der Waals surface area contributed by atoms with E-state index in [0.717, 1.165) is 17.2 Å². The first-order valence-electron chi connectivity index (χ1n) is 8.90. The van der Waals surface area contributed by atoms with Crippen molar-refractivity contribution in [1.82, 2.24) is 9.97 Å². The SMILES string of the molecule is OC(c1cccc(Br)n1)c1cccc(N(c2ccccc2)c2ccccc2)n1. The van der Waals surface area contributed by atoms with Gasteiger partial charge in [-0.2, -0.15) is 0 Å². The fraction of sp³-hybridized carbons (Fsp3) is 0.0435. The minimum Gasteiger partial charge on any atom is -0.380 e. The predicted molar refractivity (Wildman–Crippen MR) is 115 cm³/mol. The molecule has 4 nitrogen and oxygen atoms in total. The molecular formula is C23H18BrN3O. The number of hydrogen-bond donors (Lipinski definition) is 1. The average molecular weight is 432 g/mol. The van der Waals surface area contributed by atoms with Gasteiger partial charge >= 0.3 is 0 Å². The zero-order valence-electron chi connectivity index (χ0n) is 15.0. The van der Waals surface area contributed by atoms with Crippen molar-refractivity contribution in [2.24, 2.45) is 0 Å². The Balaban J connectivity index is 1.77. The van der Waals surface area contributed by atoms with Gasteiger partial charge in [0, 0.05) is 11.4 Å². The van der Waals surface area contributed by atoms with Crippen molar-refractivity contribution in [3.8, 4) is 0 Å². The zero-order valence-corrected chi connectivity index (χ0v) is 16.6. The fourth-order valence-electron chi connectivity index (χ4n) is 3.01. The van der Waals surface area contributed by atoms with Crippen LogP contribution in [0.15, 0.2) is 102 Å². The largest absolute Gasteiger partial charge is 0.380 e. The van der Waals surface area contributed by atoms with E-state index in [1.165, 1.54) is 0 Å². The molecule has 0 bridgehead atoms. The molecule has 4 rings (SSSR count). The summed E-state index contributed by atoms with van der Waals surface area (Å²) in [6.07, 6.45) is -0.911. The molecule has 1 atom stereocenters. The molecule has 28 heavy (non-hydrogen) atoms. The molecule has 0 spiro atoms. The lowest BCUT2D eigenvalue weighted by molar-refractivity contribution is 0.210. The molecule has 1 N–H and O–H groups in total. The summed E-state index contributed by atoms with van der Waals surface area (Å²) in [4.78, 5) is 11.2. The number of hydrogen-bond acceptors (Lipinski definition) is 4. The van der Waals surface area contributed by atoms with Gasteiger partial charge in [0.2, 0.25) is 0 Å². The summed E-state index contributed by atoms with van der Waals surface area (Å²) < 4.78 is 0.676. The second-order valence-electron chi connectivity index (χ2n) is 6.21. The highest BCUT2D eigenvalue weighted by Crippen LogP contribution is 2.33. The van der Waals surface area contributed by atoms with Crippen LogP contribution in [0.4, 0.5) is 17.2 Å². The van der Waals surface area contributed by atoms with Crippen molar-refractivity contribution in [1.29, 1.82) is 0 Å². The molecule has 0 aliphatic heterocycles. The Morgan fingerprint density at radius 1 is 0.643 bits per heavy atom. The minimum atomic E-state index is -0.911. The van der Waals surface area contributed by atoms with Crippen LogP contribution in [0.25, 0.3) is 0 Å². The number of aromatic nitrogens is 2. The van der Waals surface area contributed by atoms with Crippen molar-refractivity contribution in [2.75, 3.05) is 4.90 Å². The van der Waals surface area contributed by atoms with E-state index >= 15 is 0 Å². The lowest BCUT2D eigenvalue weighted by Crippen LogP contribution is -2.13. The van der Waals surface area contributed by atoms with Crippen molar-refractivity contribution < 1.29 is 5.11 Å². The highest BCUT2D eigenvalue weighted by Gasteiger charge is 2.18. The lowest BCUT2D eigenvalue weighted by Gasteiger charge is -2.25. The third-order valence-electron chi connectivity index (χ3n) is 4.31. The van der Waals surface area contributed by atoms with Crippen LogP contribution in [-0.4, -0.2) is 15.1 Å². The van der Waals surface area contributed by atoms with Crippen LogP contribution in [0.5, 0.6) is 0 Å². The van der Waals surface area contributed by atoms with E-state index in [1.54, 1.807) is 6.07 Å². The molecule has 1 unspecified atom stereocenters. The van der Waals surface area contributed by atoms with Crippen LogP contribution in [-0.2, 0) is 0 Å². The standard InChI is InChI=1S/C23H18BrN3O/c24-21-15-7-13-19(25-21)23(28)20-14-8-16-22(26-20)27(17-9-3-1-4-10-17)18-11-5-2-6-12-18/h1-16,23,28H. The molecule has 0 fully saturated rings. The van der Waals surface area contributed by atoms with Crippen LogP contribution in [0.3, 0.4) is 0 Å². The van der Waals surface area contributed by atoms with Gasteiger partial charge in [0.15, 0.2) is 0 Å². The number of rotatable bonds is 5. The molecule has 4 aromatic rings. The first-order chi connectivity index (χ1) is 13.7. The molecule has 0 aliphatic rings. The quantitative estimate of drug-likeness (QED) is 0.406. The minimum absolute atomic E-state index is 0.542. The van der Waals surface area contributed by atoms with Gasteiger partial charge < -0.3 is 5.11 Å². The monoisotopic (exact) mass is 431 g/mol. The number of benzene rings is 2. The van der Waals surface area contributed by atoms with E-state index in [1.807, 2.05) is 91.0 Å². The summed E-state index contributed by atoms with van der Waals surface area (Å²) in [5.74, 6) is 0.726. The third-order valence-corrected chi connectivity index (χ3v) is 4.75. The summed E-state index contributed by atoms with van der Waals surface area (Å²) in [6, 6.07) is 31.2. The van der Waals surface area contributed by atoms with E-state index in [4.69, 9.17) is 4.98 Å². The fourth-order valence-corrected chi connectivity index (χ4v) is 3.37. The van der Waals surface area contributed by atoms with Crippen molar-refractivity contribution in [2.45, 2.75) is 6.10 Å². The van der Waals surface area contributed by atoms with E-state index in [-0.39, 0.29) is 0 Å². The van der Waals surface area contributed by atoms with Gasteiger partial charge in [0.1, 0.15) is 16.5 Å². The second-order valence-corrected chi connectivity index (χ2v) is 7.03. The Kier molecular flexibility index (Phi) is 5.46. The zero-order chi connectivity index (χ0) is 19.3. The Hall–Kier alpha value is -3.02. The molecule has 2 aromatic heterocycles. The maximum absolute atomic E-state index is 10.8. The molecule has 0 aliphatic carbocycles. The smallest absolute Gasteiger partial charge is 0.138 e. The molecule has 0 radical (unpaired) electrons. The van der Waals surface area contributed by atoms with Crippen LogP contribution in [0, 0.1) is 0 Å². The van der Waals surface area contributed by atoms with Gasteiger partial charge in [0.25, 0.3) is 0 Å². The highest BCUT2D eigenvalue weighted by molar-refractivity contribution is 9.10. The van der Waals surface area contributed by atoms with Gasteiger partial charge in [-0.15, -0.1) is 0 Å². The molecular weight excluding hydrogens is 414 g/mol. The normalized spacial score (nSPS) is 11.8. The van der Waals surface area contributed by atoms with Gasteiger partial charge in [-0.05, 0) is 64.5 Å². The number of para-hydroxylation sites is 2. The number of pyridine rings is 2. The topological polar surface area (TPSA) is 49.3 Å². The molecule has 138 valence electrons.